The van der Waals surface area contributed by atoms with Gasteiger partial charge in [-0.2, -0.15) is 4.98 Å². The number of benzene rings is 2. The number of oxazole rings is 1. The van der Waals surface area contributed by atoms with Crippen LogP contribution in [0.2, 0.25) is 5.02 Å². The number of aromatic nitrogens is 1. The van der Waals surface area contributed by atoms with Crippen LogP contribution in [0.4, 0.5) is 6.01 Å². The van der Waals surface area contributed by atoms with Crippen molar-refractivity contribution in [2.45, 2.75) is 19.9 Å². The summed E-state index contributed by atoms with van der Waals surface area (Å²) in [6.45, 7) is 2.46. The Hall–Kier alpha value is -2.53. The van der Waals surface area contributed by atoms with Crippen LogP contribution in [-0.4, -0.2) is 16.1 Å². The zero-order chi connectivity index (χ0) is 16.4. The summed E-state index contributed by atoms with van der Waals surface area (Å²) in [4.78, 5) is 15.5. The van der Waals surface area contributed by atoms with Crippen molar-refractivity contribution < 1.29 is 14.3 Å². The molecule has 0 aliphatic carbocycles. The number of fused-ring (bicyclic) bond motifs is 1. The van der Waals surface area contributed by atoms with Crippen LogP contribution in [0.1, 0.15) is 28.4 Å². The summed E-state index contributed by atoms with van der Waals surface area (Å²) in [6.07, 6.45) is 0.667. The molecule has 118 valence electrons. The number of nitrogens with one attached hydrogen (secondary N) is 1. The van der Waals surface area contributed by atoms with Crippen LogP contribution in [0.25, 0.3) is 11.1 Å². The minimum atomic E-state index is -0.974. The fourth-order valence-corrected chi connectivity index (χ4v) is 2.60. The average Bonchev–Trinajstić information content (AvgIpc) is 2.95. The first-order valence-corrected chi connectivity index (χ1v) is 7.59. The molecular formula is C17H15ClN2O3. The Kier molecular flexibility index (Phi) is 4.21. The molecule has 0 amide bonds. The van der Waals surface area contributed by atoms with Gasteiger partial charge in [-0.15, -0.1) is 0 Å². The average molecular weight is 331 g/mol. The van der Waals surface area contributed by atoms with Gasteiger partial charge in [0.25, 0.3) is 6.01 Å². The van der Waals surface area contributed by atoms with E-state index in [9.17, 15) is 4.79 Å². The first kappa shape index (κ1) is 15.4. The number of carbonyl (C=O) groups is 1. The molecule has 1 aromatic heterocycles. The van der Waals surface area contributed by atoms with E-state index in [4.69, 9.17) is 21.1 Å². The number of aryl methyl sites for hydroxylation is 1. The Labute approximate surface area is 137 Å². The third kappa shape index (κ3) is 3.29. The molecule has 23 heavy (non-hydrogen) atoms. The first-order chi connectivity index (χ1) is 11.1. The van der Waals surface area contributed by atoms with Crippen LogP contribution in [0, 0.1) is 0 Å². The normalized spacial score (nSPS) is 10.9. The predicted octanol–water partition coefficient (Wildman–Crippen LogP) is 4.35. The third-order valence-electron chi connectivity index (χ3n) is 3.53. The SMILES string of the molecule is CCc1cc(C(=O)O)cc2nc(NCc3cccc(Cl)c3)oc12. The second-order valence-corrected chi connectivity index (χ2v) is 5.58. The maximum atomic E-state index is 11.2. The summed E-state index contributed by atoms with van der Waals surface area (Å²) < 4.78 is 5.73. The number of carboxylic acids is 1. The number of hydrogen-bond donors (Lipinski definition) is 2. The van der Waals surface area contributed by atoms with Gasteiger partial charge in [0.1, 0.15) is 5.52 Å². The van der Waals surface area contributed by atoms with E-state index in [1.165, 1.54) is 6.07 Å². The van der Waals surface area contributed by atoms with Crippen LogP contribution in [0.15, 0.2) is 40.8 Å². The van der Waals surface area contributed by atoms with E-state index >= 15 is 0 Å². The van der Waals surface area contributed by atoms with Gasteiger partial charge in [0.2, 0.25) is 0 Å². The van der Waals surface area contributed by atoms with Crippen LogP contribution in [0.3, 0.4) is 0 Å². The van der Waals surface area contributed by atoms with E-state index in [0.29, 0.717) is 35.1 Å². The number of carboxylic acid groups (broad SMARTS) is 1. The predicted molar refractivity (Wildman–Crippen MR) is 89.1 cm³/mol. The smallest absolute Gasteiger partial charge is 0.335 e. The maximum Gasteiger partial charge on any atom is 0.335 e. The highest BCUT2D eigenvalue weighted by Crippen LogP contribution is 2.25. The highest BCUT2D eigenvalue weighted by Gasteiger charge is 2.14. The fourth-order valence-electron chi connectivity index (χ4n) is 2.39. The van der Waals surface area contributed by atoms with Gasteiger partial charge in [-0.25, -0.2) is 4.79 Å². The number of hydrogen-bond acceptors (Lipinski definition) is 4. The molecule has 0 aliphatic rings. The van der Waals surface area contributed by atoms with Gasteiger partial charge < -0.3 is 14.8 Å². The molecule has 0 bridgehead atoms. The maximum absolute atomic E-state index is 11.2. The molecule has 5 nitrogen and oxygen atoms in total. The molecule has 3 rings (SSSR count). The van der Waals surface area contributed by atoms with Gasteiger partial charge in [0, 0.05) is 11.6 Å². The van der Waals surface area contributed by atoms with Gasteiger partial charge in [-0.05, 0) is 41.8 Å². The molecule has 0 spiro atoms. The van der Waals surface area contributed by atoms with E-state index in [1.807, 2.05) is 31.2 Å². The minimum absolute atomic E-state index is 0.212. The van der Waals surface area contributed by atoms with Crippen LogP contribution in [-0.2, 0) is 13.0 Å². The monoisotopic (exact) mass is 330 g/mol. The molecule has 2 N–H and O–H groups in total. The van der Waals surface area contributed by atoms with Crippen molar-refractivity contribution in [1.82, 2.24) is 4.98 Å². The molecule has 1 heterocycles. The quantitative estimate of drug-likeness (QED) is 0.727. The molecule has 0 radical (unpaired) electrons. The van der Waals surface area contributed by atoms with Crippen molar-refractivity contribution in [2.24, 2.45) is 0 Å². The van der Waals surface area contributed by atoms with Crippen molar-refractivity contribution in [3.8, 4) is 0 Å². The van der Waals surface area contributed by atoms with Gasteiger partial charge in [-0.3, -0.25) is 0 Å². The highest BCUT2D eigenvalue weighted by molar-refractivity contribution is 6.30. The Morgan fingerprint density at radius 1 is 1.35 bits per heavy atom. The van der Waals surface area contributed by atoms with Gasteiger partial charge in [0.15, 0.2) is 5.58 Å². The number of halogens is 1. The molecule has 0 saturated carbocycles. The number of aromatic carboxylic acids is 1. The Morgan fingerprint density at radius 2 is 2.17 bits per heavy atom. The molecule has 0 atom stereocenters. The Morgan fingerprint density at radius 3 is 2.87 bits per heavy atom. The van der Waals surface area contributed by atoms with Crippen molar-refractivity contribution in [1.29, 1.82) is 0 Å². The lowest BCUT2D eigenvalue weighted by Crippen LogP contribution is -1.99. The van der Waals surface area contributed by atoms with Crippen LogP contribution in [0.5, 0.6) is 0 Å². The fraction of sp³-hybridized carbons (Fsp3) is 0.176. The molecule has 6 heteroatoms. The zero-order valence-corrected chi connectivity index (χ0v) is 13.2. The van der Waals surface area contributed by atoms with Crippen molar-refractivity contribution in [2.75, 3.05) is 5.32 Å². The third-order valence-corrected chi connectivity index (χ3v) is 3.76. The van der Waals surface area contributed by atoms with Crippen LogP contribution < -0.4 is 5.32 Å². The lowest BCUT2D eigenvalue weighted by atomic mass is 10.1. The zero-order valence-electron chi connectivity index (χ0n) is 12.5. The summed E-state index contributed by atoms with van der Waals surface area (Å²) in [5, 5.41) is 12.9. The summed E-state index contributed by atoms with van der Waals surface area (Å²) in [7, 11) is 0. The second-order valence-electron chi connectivity index (χ2n) is 5.14. The summed E-state index contributed by atoms with van der Waals surface area (Å²) in [5.41, 5.74) is 3.19. The largest absolute Gasteiger partial charge is 0.478 e. The Balaban J connectivity index is 1.89. The lowest BCUT2D eigenvalue weighted by molar-refractivity contribution is 0.0697. The van der Waals surface area contributed by atoms with Crippen LogP contribution >= 0.6 is 11.6 Å². The van der Waals surface area contributed by atoms with Crippen molar-refractivity contribution >= 4 is 34.7 Å². The Bertz CT molecular complexity index is 873. The molecule has 2 aromatic carbocycles. The van der Waals surface area contributed by atoms with E-state index in [2.05, 4.69) is 10.3 Å². The second kappa shape index (κ2) is 6.30. The van der Waals surface area contributed by atoms with Gasteiger partial charge in [0.05, 0.1) is 5.56 Å². The molecule has 0 unspecified atom stereocenters. The van der Waals surface area contributed by atoms with E-state index in [-0.39, 0.29) is 5.56 Å². The topological polar surface area (TPSA) is 75.4 Å². The van der Waals surface area contributed by atoms with Gasteiger partial charge in [-0.1, -0.05) is 30.7 Å². The van der Waals surface area contributed by atoms with Crippen molar-refractivity contribution in [3.63, 3.8) is 0 Å². The van der Waals surface area contributed by atoms with E-state index in [0.717, 1.165) is 11.1 Å². The van der Waals surface area contributed by atoms with Gasteiger partial charge >= 0.3 is 5.97 Å². The molecule has 0 aliphatic heterocycles. The standard InChI is InChI=1S/C17H15ClN2O3/c1-2-11-7-12(16(21)22)8-14-15(11)23-17(20-14)19-9-10-4-3-5-13(18)6-10/h3-8H,2,9H2,1H3,(H,19,20)(H,21,22). The number of anilines is 1. The molecular weight excluding hydrogens is 316 g/mol. The van der Waals surface area contributed by atoms with Crippen molar-refractivity contribution in [3.05, 3.63) is 58.1 Å². The number of nitrogens with zero attached hydrogens (tertiary/aromatic N) is 1. The molecule has 3 aromatic rings. The summed E-state index contributed by atoms with van der Waals surface area (Å²) >= 11 is 5.96. The van der Waals surface area contributed by atoms with E-state index in [1.54, 1.807) is 6.07 Å². The minimum Gasteiger partial charge on any atom is -0.478 e. The first-order valence-electron chi connectivity index (χ1n) is 7.22. The highest BCUT2D eigenvalue weighted by atomic mass is 35.5. The molecule has 0 fully saturated rings. The lowest BCUT2D eigenvalue weighted by Gasteiger charge is -2.02. The van der Waals surface area contributed by atoms with E-state index < -0.39 is 5.97 Å². The summed E-state index contributed by atoms with van der Waals surface area (Å²) in [5.74, 6) is -0.974. The number of rotatable bonds is 5. The summed E-state index contributed by atoms with van der Waals surface area (Å²) in [6, 6.07) is 11.0. The molecule has 0 saturated heterocycles.